The topological polar surface area (TPSA) is 84.2 Å². The lowest BCUT2D eigenvalue weighted by Crippen LogP contribution is -2.15. The minimum absolute atomic E-state index is 0.106. The van der Waals surface area contributed by atoms with Crippen molar-refractivity contribution in [2.75, 3.05) is 0 Å². The van der Waals surface area contributed by atoms with Crippen molar-refractivity contribution in [1.82, 2.24) is 9.97 Å². The molecule has 3 aromatic carbocycles. The van der Waals surface area contributed by atoms with Crippen LogP contribution in [0.4, 0.5) is 0 Å². The van der Waals surface area contributed by atoms with Crippen molar-refractivity contribution in [2.45, 2.75) is 13.2 Å². The number of aromatic amines is 2. The Morgan fingerprint density at radius 2 is 1.44 bits per heavy atom. The maximum Gasteiger partial charge on any atom is 0.355 e. The van der Waals surface area contributed by atoms with E-state index in [1.54, 1.807) is 6.07 Å². The Hall–Kier alpha value is -4.32. The molecule has 5 aromatic rings. The molecule has 32 heavy (non-hydrogen) atoms. The average molecular weight is 424 g/mol. The van der Waals surface area contributed by atoms with Gasteiger partial charge < -0.3 is 19.4 Å². The second kappa shape index (κ2) is 8.43. The predicted molar refractivity (Wildman–Crippen MR) is 123 cm³/mol. The summed E-state index contributed by atoms with van der Waals surface area (Å²) in [6.07, 6.45) is 0. The van der Waals surface area contributed by atoms with Gasteiger partial charge in [0.05, 0.1) is 0 Å². The van der Waals surface area contributed by atoms with E-state index >= 15 is 0 Å². The number of H-pyrrole nitrogens is 2. The molecule has 0 amide bonds. The van der Waals surface area contributed by atoms with Crippen LogP contribution in [-0.4, -0.2) is 15.9 Å². The molecular formula is C26H20N2O4. The van der Waals surface area contributed by atoms with Gasteiger partial charge in [0.15, 0.2) is 0 Å². The average Bonchev–Trinajstić information content (AvgIpc) is 3.21. The number of pyridine rings is 1. The maximum absolute atomic E-state index is 12.6. The van der Waals surface area contributed by atoms with Crippen molar-refractivity contribution in [3.05, 3.63) is 112 Å². The smallest absolute Gasteiger partial charge is 0.355 e. The summed E-state index contributed by atoms with van der Waals surface area (Å²) in [5.41, 5.74) is 2.85. The van der Waals surface area contributed by atoms with E-state index in [-0.39, 0.29) is 17.9 Å². The van der Waals surface area contributed by atoms with E-state index in [9.17, 15) is 9.59 Å². The molecule has 0 aliphatic rings. The van der Waals surface area contributed by atoms with Gasteiger partial charge in [-0.25, -0.2) is 4.79 Å². The maximum atomic E-state index is 12.6. The highest BCUT2D eigenvalue weighted by molar-refractivity contribution is 6.09. The Morgan fingerprint density at radius 3 is 2.16 bits per heavy atom. The van der Waals surface area contributed by atoms with E-state index in [1.165, 1.54) is 0 Å². The van der Waals surface area contributed by atoms with E-state index < -0.39 is 5.97 Å². The highest BCUT2D eigenvalue weighted by Crippen LogP contribution is 2.28. The fourth-order valence-corrected chi connectivity index (χ4v) is 3.63. The van der Waals surface area contributed by atoms with Crippen molar-refractivity contribution in [1.29, 1.82) is 0 Å². The highest BCUT2D eigenvalue weighted by atomic mass is 16.5. The van der Waals surface area contributed by atoms with Crippen molar-refractivity contribution >= 4 is 27.8 Å². The summed E-state index contributed by atoms with van der Waals surface area (Å²) < 4.78 is 11.3. The molecule has 0 spiro atoms. The molecule has 2 aromatic heterocycles. The van der Waals surface area contributed by atoms with Crippen molar-refractivity contribution in [3.8, 4) is 5.75 Å². The molecular weight excluding hydrogens is 404 g/mol. The molecule has 2 heterocycles. The largest absolute Gasteiger partial charge is 0.489 e. The van der Waals surface area contributed by atoms with Gasteiger partial charge in [0, 0.05) is 16.3 Å². The van der Waals surface area contributed by atoms with Crippen LogP contribution < -0.4 is 10.3 Å². The van der Waals surface area contributed by atoms with Crippen LogP contribution in [0.1, 0.15) is 21.6 Å². The summed E-state index contributed by atoms with van der Waals surface area (Å²) >= 11 is 0. The lowest BCUT2D eigenvalue weighted by Gasteiger charge is -2.07. The number of rotatable bonds is 6. The normalized spacial score (nSPS) is 11.0. The number of nitrogens with one attached hydrogen (secondary N) is 2. The SMILES string of the molecule is O=C(OCc1ccccc1)c1cc2c([nH]c3ccc(OCc4ccccc4)cc32)c(=O)[nH]1. The van der Waals surface area contributed by atoms with E-state index in [0.717, 1.165) is 22.0 Å². The summed E-state index contributed by atoms with van der Waals surface area (Å²) in [6, 6.07) is 26.5. The number of ether oxygens (including phenoxy) is 2. The van der Waals surface area contributed by atoms with Crippen molar-refractivity contribution < 1.29 is 14.3 Å². The highest BCUT2D eigenvalue weighted by Gasteiger charge is 2.15. The zero-order valence-electron chi connectivity index (χ0n) is 17.1. The Balaban J connectivity index is 1.43. The Labute approximate surface area is 183 Å². The summed E-state index contributed by atoms with van der Waals surface area (Å²) in [7, 11) is 0. The molecule has 0 saturated carbocycles. The standard InChI is InChI=1S/C26H20N2O4/c29-25-24-21(14-23(28-25)26(30)32-16-18-9-5-2-6-10-18)20-13-19(11-12-22(20)27-24)31-15-17-7-3-1-4-8-17/h1-14,27H,15-16H2,(H,28,29). The van der Waals surface area contributed by atoms with E-state index in [4.69, 9.17) is 9.47 Å². The van der Waals surface area contributed by atoms with Crippen LogP contribution in [0.25, 0.3) is 21.8 Å². The van der Waals surface area contributed by atoms with Gasteiger partial charge in [0.25, 0.3) is 5.56 Å². The minimum Gasteiger partial charge on any atom is -0.489 e. The third kappa shape index (κ3) is 3.98. The molecule has 2 N–H and O–H groups in total. The second-order valence-corrected chi connectivity index (χ2v) is 7.47. The molecule has 0 atom stereocenters. The summed E-state index contributed by atoms with van der Waals surface area (Å²) in [5.74, 6) is 0.0921. The number of esters is 1. The van der Waals surface area contributed by atoms with E-state index in [2.05, 4.69) is 9.97 Å². The van der Waals surface area contributed by atoms with Gasteiger partial charge in [-0.15, -0.1) is 0 Å². The van der Waals surface area contributed by atoms with Gasteiger partial charge in [-0.3, -0.25) is 4.79 Å². The molecule has 0 bridgehead atoms. The van der Waals surface area contributed by atoms with Gasteiger partial charge in [0.2, 0.25) is 0 Å². The third-order valence-corrected chi connectivity index (χ3v) is 5.26. The van der Waals surface area contributed by atoms with Crippen LogP contribution in [0, 0.1) is 0 Å². The third-order valence-electron chi connectivity index (χ3n) is 5.26. The Kier molecular flexibility index (Phi) is 5.17. The summed E-state index contributed by atoms with van der Waals surface area (Å²) in [4.78, 5) is 30.9. The van der Waals surface area contributed by atoms with E-state index in [1.807, 2.05) is 78.9 Å². The number of hydrogen-bond acceptors (Lipinski definition) is 4. The Bertz CT molecular complexity index is 1450. The van der Waals surface area contributed by atoms with Gasteiger partial charge in [-0.2, -0.15) is 0 Å². The number of carbonyl (C=O) groups excluding carboxylic acids is 1. The second-order valence-electron chi connectivity index (χ2n) is 7.47. The lowest BCUT2D eigenvalue weighted by molar-refractivity contribution is 0.0465. The van der Waals surface area contributed by atoms with Crippen LogP contribution in [0.2, 0.25) is 0 Å². The van der Waals surface area contributed by atoms with Gasteiger partial charge in [0.1, 0.15) is 30.2 Å². The first-order chi connectivity index (χ1) is 15.7. The number of benzene rings is 3. The fraction of sp³-hybridized carbons (Fsp3) is 0.0769. The van der Waals surface area contributed by atoms with Crippen LogP contribution in [0.15, 0.2) is 89.7 Å². The van der Waals surface area contributed by atoms with Crippen molar-refractivity contribution in [2.24, 2.45) is 0 Å². The Morgan fingerprint density at radius 1 is 0.750 bits per heavy atom. The van der Waals surface area contributed by atoms with Crippen LogP contribution in [-0.2, 0) is 18.0 Å². The predicted octanol–water partition coefficient (Wildman–Crippen LogP) is 4.95. The molecule has 5 rings (SSSR count). The number of hydrogen-bond donors (Lipinski definition) is 2. The van der Waals surface area contributed by atoms with Gasteiger partial charge in [-0.1, -0.05) is 60.7 Å². The number of carbonyl (C=O) groups is 1. The monoisotopic (exact) mass is 424 g/mol. The fourth-order valence-electron chi connectivity index (χ4n) is 3.63. The van der Waals surface area contributed by atoms with Crippen LogP contribution in [0.5, 0.6) is 5.75 Å². The van der Waals surface area contributed by atoms with Crippen molar-refractivity contribution in [3.63, 3.8) is 0 Å². The van der Waals surface area contributed by atoms with E-state index in [0.29, 0.717) is 23.3 Å². The molecule has 158 valence electrons. The molecule has 0 aliphatic carbocycles. The van der Waals surface area contributed by atoms with Gasteiger partial charge >= 0.3 is 5.97 Å². The number of fused-ring (bicyclic) bond motifs is 3. The zero-order chi connectivity index (χ0) is 21.9. The first-order valence-electron chi connectivity index (χ1n) is 10.2. The molecule has 0 unspecified atom stereocenters. The minimum atomic E-state index is -0.585. The first kappa shape index (κ1) is 19.6. The number of aromatic nitrogens is 2. The first-order valence-corrected chi connectivity index (χ1v) is 10.2. The molecule has 0 fully saturated rings. The van der Waals surface area contributed by atoms with Crippen LogP contribution in [0.3, 0.4) is 0 Å². The van der Waals surface area contributed by atoms with Gasteiger partial charge in [-0.05, 0) is 35.4 Å². The summed E-state index contributed by atoms with van der Waals surface area (Å²) in [6.45, 7) is 0.567. The molecule has 6 heteroatoms. The molecule has 0 aliphatic heterocycles. The lowest BCUT2D eigenvalue weighted by atomic mass is 10.1. The molecule has 0 saturated heterocycles. The molecule has 6 nitrogen and oxygen atoms in total. The quantitative estimate of drug-likeness (QED) is 0.378. The zero-order valence-corrected chi connectivity index (χ0v) is 17.1. The van der Waals surface area contributed by atoms with Crippen LogP contribution >= 0.6 is 0 Å². The summed E-state index contributed by atoms with van der Waals surface area (Å²) in [5, 5.41) is 1.44. The molecule has 0 radical (unpaired) electrons.